The molecule has 0 aliphatic rings. The summed E-state index contributed by atoms with van der Waals surface area (Å²) in [6.45, 7) is 8.21. The summed E-state index contributed by atoms with van der Waals surface area (Å²) in [5.41, 5.74) is 2.77. The van der Waals surface area contributed by atoms with Crippen LogP contribution in [-0.4, -0.2) is 10.9 Å². The topological polar surface area (TPSA) is 42.0 Å². The Hall–Kier alpha value is -1.68. The molecule has 2 rings (SSSR count). The first kappa shape index (κ1) is 14.7. The molecule has 0 saturated carbocycles. The Morgan fingerprint density at radius 2 is 2.10 bits per heavy atom. The molecule has 3 nitrogen and oxygen atoms in total. The molecule has 1 N–H and O–H groups in total. The fraction of sp³-hybridized carbons (Fsp3) is 0.375. The van der Waals surface area contributed by atoms with Crippen LogP contribution >= 0.6 is 11.3 Å². The molecule has 1 aromatic carbocycles. The molecule has 0 fully saturated rings. The number of carbonyl (C=O) groups is 1. The number of aryl methyl sites for hydroxylation is 2. The molecule has 20 heavy (non-hydrogen) atoms. The van der Waals surface area contributed by atoms with Crippen molar-refractivity contribution in [2.45, 2.75) is 34.1 Å². The van der Waals surface area contributed by atoms with E-state index in [1.807, 2.05) is 38.1 Å². The lowest BCUT2D eigenvalue weighted by Crippen LogP contribution is -2.11. The normalized spacial score (nSPS) is 10.8. The number of aromatic nitrogens is 1. The second-order valence-electron chi connectivity index (χ2n) is 5.44. The molecule has 0 radical (unpaired) electrons. The highest BCUT2D eigenvalue weighted by Gasteiger charge is 2.16. The van der Waals surface area contributed by atoms with Crippen molar-refractivity contribution < 1.29 is 4.79 Å². The van der Waals surface area contributed by atoms with Crippen LogP contribution in [0.1, 0.15) is 39.8 Å². The summed E-state index contributed by atoms with van der Waals surface area (Å²) in [5.74, 6) is 0.480. The number of nitrogens with zero attached hydrogens (tertiary/aromatic N) is 1. The van der Waals surface area contributed by atoms with Crippen LogP contribution in [0.3, 0.4) is 0 Å². The van der Waals surface area contributed by atoms with E-state index >= 15 is 0 Å². The summed E-state index contributed by atoms with van der Waals surface area (Å²) in [6, 6.07) is 7.81. The maximum Gasteiger partial charge on any atom is 0.267 e. The number of benzene rings is 1. The summed E-state index contributed by atoms with van der Waals surface area (Å²) in [5, 5.41) is 3.97. The number of rotatable bonds is 4. The van der Waals surface area contributed by atoms with Crippen molar-refractivity contribution in [2.24, 2.45) is 5.92 Å². The minimum atomic E-state index is -0.0689. The Labute approximate surface area is 124 Å². The van der Waals surface area contributed by atoms with E-state index in [0.717, 1.165) is 28.4 Å². The monoisotopic (exact) mass is 288 g/mol. The number of hydrogen-bond acceptors (Lipinski definition) is 3. The first-order chi connectivity index (χ1) is 9.45. The van der Waals surface area contributed by atoms with Gasteiger partial charge in [-0.25, -0.2) is 4.98 Å². The van der Waals surface area contributed by atoms with Gasteiger partial charge in [0.2, 0.25) is 0 Å². The third-order valence-electron chi connectivity index (χ3n) is 2.91. The molecule has 1 aromatic heterocycles. The van der Waals surface area contributed by atoms with Gasteiger partial charge in [0.25, 0.3) is 5.91 Å². The van der Waals surface area contributed by atoms with Crippen LogP contribution < -0.4 is 5.32 Å². The van der Waals surface area contributed by atoms with Gasteiger partial charge in [0.05, 0.1) is 10.7 Å². The fourth-order valence-electron chi connectivity index (χ4n) is 2.01. The van der Waals surface area contributed by atoms with Crippen LogP contribution in [0.25, 0.3) is 0 Å². The van der Waals surface area contributed by atoms with Gasteiger partial charge in [-0.05, 0) is 37.5 Å². The molecule has 1 amide bonds. The predicted molar refractivity (Wildman–Crippen MR) is 84.5 cm³/mol. The molecule has 2 aromatic rings. The highest BCUT2D eigenvalue weighted by molar-refractivity contribution is 7.13. The third kappa shape index (κ3) is 3.67. The van der Waals surface area contributed by atoms with Crippen molar-refractivity contribution in [3.05, 3.63) is 45.4 Å². The number of hydrogen-bond donors (Lipinski definition) is 1. The number of nitrogens with one attached hydrogen (secondary N) is 1. The van der Waals surface area contributed by atoms with E-state index in [1.54, 1.807) is 0 Å². The van der Waals surface area contributed by atoms with Crippen LogP contribution in [0.2, 0.25) is 0 Å². The Morgan fingerprint density at radius 1 is 1.35 bits per heavy atom. The molecule has 0 spiro atoms. The van der Waals surface area contributed by atoms with Crippen molar-refractivity contribution in [3.8, 4) is 0 Å². The number of thiazole rings is 1. The van der Waals surface area contributed by atoms with Gasteiger partial charge in [-0.2, -0.15) is 0 Å². The average Bonchev–Trinajstić information content (AvgIpc) is 2.69. The van der Waals surface area contributed by atoms with E-state index in [2.05, 4.69) is 24.1 Å². The number of amides is 1. The van der Waals surface area contributed by atoms with E-state index in [9.17, 15) is 4.79 Å². The molecule has 4 heteroatoms. The maximum atomic E-state index is 12.3. The van der Waals surface area contributed by atoms with E-state index < -0.39 is 0 Å². The number of anilines is 1. The summed E-state index contributed by atoms with van der Waals surface area (Å²) in [6.07, 6.45) is 0.920. The Bertz CT molecular complexity index is 617. The van der Waals surface area contributed by atoms with E-state index in [1.165, 1.54) is 11.3 Å². The highest BCUT2D eigenvalue weighted by atomic mass is 32.1. The van der Waals surface area contributed by atoms with Crippen LogP contribution in [-0.2, 0) is 6.42 Å². The molecule has 0 aliphatic carbocycles. The molecule has 1 heterocycles. The van der Waals surface area contributed by atoms with Gasteiger partial charge in [0.15, 0.2) is 0 Å². The Kier molecular flexibility index (Phi) is 4.55. The fourth-order valence-corrected chi connectivity index (χ4v) is 3.18. The number of carbonyl (C=O) groups excluding carboxylic acids is 1. The van der Waals surface area contributed by atoms with Gasteiger partial charge in [0, 0.05) is 12.1 Å². The summed E-state index contributed by atoms with van der Waals surface area (Å²) < 4.78 is 0. The van der Waals surface area contributed by atoms with Crippen LogP contribution in [0.4, 0.5) is 5.69 Å². The van der Waals surface area contributed by atoms with Crippen LogP contribution in [0, 0.1) is 19.8 Å². The van der Waals surface area contributed by atoms with Crippen molar-refractivity contribution in [2.75, 3.05) is 5.32 Å². The van der Waals surface area contributed by atoms with Gasteiger partial charge in [0.1, 0.15) is 4.88 Å². The zero-order valence-electron chi connectivity index (χ0n) is 12.4. The first-order valence-corrected chi connectivity index (χ1v) is 7.61. The van der Waals surface area contributed by atoms with Crippen molar-refractivity contribution >= 4 is 22.9 Å². The zero-order chi connectivity index (χ0) is 14.7. The Morgan fingerprint density at radius 3 is 2.75 bits per heavy atom. The van der Waals surface area contributed by atoms with Gasteiger partial charge in [-0.3, -0.25) is 4.79 Å². The summed E-state index contributed by atoms with van der Waals surface area (Å²) in [4.78, 5) is 17.5. The lowest BCUT2D eigenvalue weighted by Gasteiger charge is -2.04. The zero-order valence-corrected chi connectivity index (χ0v) is 13.2. The van der Waals surface area contributed by atoms with Crippen molar-refractivity contribution in [1.29, 1.82) is 0 Å². The third-order valence-corrected chi connectivity index (χ3v) is 4.08. The molecular formula is C16H20N2OS. The molecule has 0 bridgehead atoms. The molecule has 0 saturated heterocycles. The lowest BCUT2D eigenvalue weighted by molar-refractivity contribution is 0.103. The molecule has 106 valence electrons. The minimum absolute atomic E-state index is 0.0689. The summed E-state index contributed by atoms with van der Waals surface area (Å²) >= 11 is 1.50. The highest BCUT2D eigenvalue weighted by Crippen LogP contribution is 2.22. The standard InChI is InChI=1S/C16H20N2OS/c1-10(2)8-14-17-12(4)15(20-14)16(19)18-13-7-5-6-11(3)9-13/h5-7,9-10H,8H2,1-4H3,(H,18,19). The van der Waals surface area contributed by atoms with Gasteiger partial charge in [-0.1, -0.05) is 26.0 Å². The minimum Gasteiger partial charge on any atom is -0.321 e. The molecule has 0 atom stereocenters. The van der Waals surface area contributed by atoms with Crippen molar-refractivity contribution in [3.63, 3.8) is 0 Å². The predicted octanol–water partition coefficient (Wildman–Crippen LogP) is 4.21. The first-order valence-electron chi connectivity index (χ1n) is 6.80. The smallest absolute Gasteiger partial charge is 0.267 e. The molecule has 0 unspecified atom stereocenters. The van der Waals surface area contributed by atoms with Gasteiger partial charge in [-0.15, -0.1) is 11.3 Å². The second kappa shape index (κ2) is 6.18. The van der Waals surface area contributed by atoms with Crippen LogP contribution in [0.5, 0.6) is 0 Å². The van der Waals surface area contributed by atoms with E-state index in [0.29, 0.717) is 10.8 Å². The van der Waals surface area contributed by atoms with E-state index in [-0.39, 0.29) is 5.91 Å². The second-order valence-corrected chi connectivity index (χ2v) is 6.53. The van der Waals surface area contributed by atoms with Gasteiger partial charge >= 0.3 is 0 Å². The lowest BCUT2D eigenvalue weighted by atomic mass is 10.1. The van der Waals surface area contributed by atoms with E-state index in [4.69, 9.17) is 0 Å². The maximum absolute atomic E-state index is 12.3. The molecule has 0 aliphatic heterocycles. The van der Waals surface area contributed by atoms with Gasteiger partial charge < -0.3 is 5.32 Å². The summed E-state index contributed by atoms with van der Waals surface area (Å²) in [7, 11) is 0. The largest absolute Gasteiger partial charge is 0.321 e. The SMILES string of the molecule is Cc1cccc(NC(=O)c2sc(CC(C)C)nc2C)c1. The van der Waals surface area contributed by atoms with Crippen molar-refractivity contribution in [1.82, 2.24) is 4.98 Å². The Balaban J connectivity index is 2.15. The quantitative estimate of drug-likeness (QED) is 0.915. The van der Waals surface area contributed by atoms with Crippen LogP contribution in [0.15, 0.2) is 24.3 Å². The molecular weight excluding hydrogens is 268 g/mol. The average molecular weight is 288 g/mol.